The van der Waals surface area contributed by atoms with Crippen LogP contribution in [-0.4, -0.2) is 0 Å². The highest BCUT2D eigenvalue weighted by Crippen LogP contribution is 2.42. The van der Waals surface area contributed by atoms with Gasteiger partial charge < -0.3 is 9.80 Å². The van der Waals surface area contributed by atoms with E-state index in [1.165, 1.54) is 33.4 Å². The number of hydrogen-bond acceptors (Lipinski definition) is 2. The monoisotopic (exact) mass is 592 g/mol. The SMILES string of the molecule is Cc1cccc(N(c2ccccc2)c2ccc(-c3ccc(N(c4ccccc4)c4cccc(C)c4)cc3-c3ccccc3)cc2)c1. The minimum Gasteiger partial charge on any atom is -0.310 e. The van der Waals surface area contributed by atoms with Gasteiger partial charge >= 0.3 is 0 Å². The van der Waals surface area contributed by atoms with Gasteiger partial charge in [-0.3, -0.25) is 0 Å². The molecular weight excluding hydrogens is 556 g/mol. The van der Waals surface area contributed by atoms with Crippen molar-refractivity contribution < 1.29 is 0 Å². The lowest BCUT2D eigenvalue weighted by Gasteiger charge is -2.27. The van der Waals surface area contributed by atoms with Gasteiger partial charge in [0, 0.05) is 34.1 Å². The number of anilines is 6. The Kier molecular flexibility index (Phi) is 8.17. The van der Waals surface area contributed by atoms with Crippen LogP contribution in [0.3, 0.4) is 0 Å². The second-order valence-electron chi connectivity index (χ2n) is 11.7. The first kappa shape index (κ1) is 28.9. The van der Waals surface area contributed by atoms with E-state index < -0.39 is 0 Å². The van der Waals surface area contributed by atoms with Gasteiger partial charge in [0.25, 0.3) is 0 Å². The molecule has 0 atom stereocenters. The molecule has 2 nitrogen and oxygen atoms in total. The first-order valence-electron chi connectivity index (χ1n) is 15.8. The van der Waals surface area contributed by atoms with Gasteiger partial charge in [0.2, 0.25) is 0 Å². The minimum absolute atomic E-state index is 1.12. The molecule has 222 valence electrons. The summed E-state index contributed by atoms with van der Waals surface area (Å²) in [6.07, 6.45) is 0. The van der Waals surface area contributed by atoms with Crippen molar-refractivity contribution in [3.8, 4) is 22.3 Å². The highest BCUT2D eigenvalue weighted by molar-refractivity contribution is 5.89. The molecule has 0 bridgehead atoms. The first-order chi connectivity index (χ1) is 22.6. The largest absolute Gasteiger partial charge is 0.310 e. The highest BCUT2D eigenvalue weighted by Gasteiger charge is 2.17. The summed E-state index contributed by atoms with van der Waals surface area (Å²) in [7, 11) is 0. The normalized spacial score (nSPS) is 10.8. The average molecular weight is 593 g/mol. The van der Waals surface area contributed by atoms with Crippen LogP contribution in [0.1, 0.15) is 11.1 Å². The topological polar surface area (TPSA) is 6.48 Å². The maximum atomic E-state index is 2.34. The van der Waals surface area contributed by atoms with E-state index in [2.05, 4.69) is 206 Å². The molecule has 0 aliphatic heterocycles. The van der Waals surface area contributed by atoms with Crippen molar-refractivity contribution in [3.05, 3.63) is 193 Å². The minimum atomic E-state index is 1.12. The van der Waals surface area contributed by atoms with Crippen molar-refractivity contribution >= 4 is 34.1 Å². The van der Waals surface area contributed by atoms with Crippen molar-refractivity contribution in [1.29, 1.82) is 0 Å². The summed E-state index contributed by atoms with van der Waals surface area (Å²) in [6.45, 7) is 4.29. The number of hydrogen-bond donors (Lipinski definition) is 0. The molecule has 7 rings (SSSR count). The van der Waals surface area contributed by atoms with Gasteiger partial charge in [0.1, 0.15) is 0 Å². The third-order valence-electron chi connectivity index (χ3n) is 8.33. The van der Waals surface area contributed by atoms with Crippen LogP contribution < -0.4 is 9.80 Å². The maximum absolute atomic E-state index is 2.34. The number of aryl methyl sites for hydroxylation is 2. The zero-order valence-electron chi connectivity index (χ0n) is 26.2. The molecule has 0 heterocycles. The van der Waals surface area contributed by atoms with E-state index in [9.17, 15) is 0 Å². The fraction of sp³-hybridized carbons (Fsp3) is 0.0455. The summed E-state index contributed by atoms with van der Waals surface area (Å²) >= 11 is 0. The second kappa shape index (κ2) is 13.0. The first-order valence-corrected chi connectivity index (χ1v) is 15.8. The summed E-state index contributed by atoms with van der Waals surface area (Å²) in [4.78, 5) is 4.66. The molecule has 0 aromatic heterocycles. The van der Waals surface area contributed by atoms with Crippen molar-refractivity contribution in [2.45, 2.75) is 13.8 Å². The molecule has 0 saturated heterocycles. The Balaban J connectivity index is 1.34. The Labute approximate surface area is 272 Å². The van der Waals surface area contributed by atoms with Crippen molar-refractivity contribution in [3.63, 3.8) is 0 Å². The lowest BCUT2D eigenvalue weighted by atomic mass is 9.93. The van der Waals surface area contributed by atoms with Gasteiger partial charge in [-0.1, -0.05) is 109 Å². The third-order valence-corrected chi connectivity index (χ3v) is 8.33. The summed E-state index contributed by atoms with van der Waals surface area (Å²) in [5.74, 6) is 0. The highest BCUT2D eigenvalue weighted by atomic mass is 15.1. The number of rotatable bonds is 8. The molecule has 0 radical (unpaired) electrons. The molecule has 0 saturated carbocycles. The zero-order chi connectivity index (χ0) is 31.3. The van der Waals surface area contributed by atoms with E-state index in [4.69, 9.17) is 0 Å². The Morgan fingerprint density at radius 2 is 0.674 bits per heavy atom. The molecule has 0 fully saturated rings. The number of benzene rings is 7. The van der Waals surface area contributed by atoms with Gasteiger partial charge in [-0.05, 0) is 120 Å². The summed E-state index contributed by atoms with van der Waals surface area (Å²) in [5, 5.41) is 0. The van der Waals surface area contributed by atoms with Crippen LogP contribution in [0.2, 0.25) is 0 Å². The second-order valence-corrected chi connectivity index (χ2v) is 11.7. The molecule has 7 aromatic rings. The van der Waals surface area contributed by atoms with Gasteiger partial charge in [-0.15, -0.1) is 0 Å². The molecule has 0 amide bonds. The van der Waals surface area contributed by atoms with Crippen LogP contribution in [-0.2, 0) is 0 Å². The standard InChI is InChI=1S/C44H36N2/c1-33-14-12-22-40(30-33)45(37-18-8-4-9-19-37)39-26-24-36(25-27-39)43-29-28-42(32-44(43)35-16-6-3-7-17-35)46(38-20-10-5-11-21-38)41-23-13-15-34(2)31-41/h3-32H,1-2H3. The molecule has 0 spiro atoms. The lowest BCUT2D eigenvalue weighted by Crippen LogP contribution is -2.10. The molecule has 2 heteroatoms. The smallest absolute Gasteiger partial charge is 0.0468 e. The quantitative estimate of drug-likeness (QED) is 0.173. The van der Waals surface area contributed by atoms with Crippen molar-refractivity contribution in [2.75, 3.05) is 9.80 Å². The predicted octanol–water partition coefficient (Wildman–Crippen LogP) is 12.6. The molecule has 46 heavy (non-hydrogen) atoms. The predicted molar refractivity (Wildman–Crippen MR) is 196 cm³/mol. The zero-order valence-corrected chi connectivity index (χ0v) is 26.2. The molecular formula is C44H36N2. The average Bonchev–Trinajstić information content (AvgIpc) is 3.10. The van der Waals surface area contributed by atoms with Gasteiger partial charge in [-0.25, -0.2) is 0 Å². The Bertz CT molecular complexity index is 2050. The molecule has 7 aromatic carbocycles. The summed E-state index contributed by atoms with van der Waals surface area (Å²) in [5.41, 5.74) is 14.0. The maximum Gasteiger partial charge on any atom is 0.0468 e. The molecule has 0 unspecified atom stereocenters. The van der Waals surface area contributed by atoms with Crippen LogP contribution in [0.25, 0.3) is 22.3 Å². The lowest BCUT2D eigenvalue weighted by molar-refractivity contribution is 1.27. The Hall–Kier alpha value is -5.86. The van der Waals surface area contributed by atoms with E-state index >= 15 is 0 Å². The van der Waals surface area contributed by atoms with Gasteiger partial charge in [-0.2, -0.15) is 0 Å². The fourth-order valence-electron chi connectivity index (χ4n) is 6.15. The van der Waals surface area contributed by atoms with Crippen molar-refractivity contribution in [1.82, 2.24) is 0 Å². The number of nitrogens with zero attached hydrogens (tertiary/aromatic N) is 2. The van der Waals surface area contributed by atoms with E-state index in [-0.39, 0.29) is 0 Å². The van der Waals surface area contributed by atoms with E-state index in [0.29, 0.717) is 0 Å². The molecule has 0 N–H and O–H groups in total. The van der Waals surface area contributed by atoms with E-state index in [1.807, 2.05) is 0 Å². The van der Waals surface area contributed by atoms with E-state index in [1.54, 1.807) is 0 Å². The Morgan fingerprint density at radius 1 is 0.283 bits per heavy atom. The molecule has 0 aliphatic carbocycles. The summed E-state index contributed by atoms with van der Waals surface area (Å²) < 4.78 is 0. The number of para-hydroxylation sites is 2. The van der Waals surface area contributed by atoms with Gasteiger partial charge in [0.05, 0.1) is 0 Å². The summed E-state index contributed by atoms with van der Waals surface area (Å²) in [6, 6.07) is 65.1. The third kappa shape index (κ3) is 6.06. The Morgan fingerprint density at radius 3 is 1.20 bits per heavy atom. The molecule has 0 aliphatic rings. The van der Waals surface area contributed by atoms with Crippen LogP contribution in [0.4, 0.5) is 34.1 Å². The van der Waals surface area contributed by atoms with Crippen LogP contribution >= 0.6 is 0 Å². The van der Waals surface area contributed by atoms with Crippen LogP contribution in [0.15, 0.2) is 182 Å². The van der Waals surface area contributed by atoms with Crippen LogP contribution in [0.5, 0.6) is 0 Å². The van der Waals surface area contributed by atoms with E-state index in [0.717, 1.165) is 34.1 Å². The van der Waals surface area contributed by atoms with Crippen LogP contribution in [0, 0.1) is 13.8 Å². The fourth-order valence-corrected chi connectivity index (χ4v) is 6.15. The van der Waals surface area contributed by atoms with Gasteiger partial charge in [0.15, 0.2) is 0 Å². The van der Waals surface area contributed by atoms with Crippen molar-refractivity contribution in [2.24, 2.45) is 0 Å².